The lowest BCUT2D eigenvalue weighted by atomic mass is 9.79. The Kier molecular flexibility index (Phi) is 4.67. The summed E-state index contributed by atoms with van der Waals surface area (Å²) in [4.78, 5) is 0. The molecule has 3 heteroatoms. The second-order valence-corrected chi connectivity index (χ2v) is 6.63. The molecule has 20 heavy (non-hydrogen) atoms. The molecule has 0 amide bonds. The van der Waals surface area contributed by atoms with Gasteiger partial charge in [0, 0.05) is 23.7 Å². The largest absolute Gasteiger partial charge is 0.490 e. The lowest BCUT2D eigenvalue weighted by Crippen LogP contribution is -2.45. The molecule has 1 heterocycles. The van der Waals surface area contributed by atoms with Crippen molar-refractivity contribution in [2.75, 3.05) is 6.61 Å². The summed E-state index contributed by atoms with van der Waals surface area (Å²) in [5.74, 6) is 1.03. The Morgan fingerprint density at radius 1 is 1.20 bits per heavy atom. The lowest BCUT2D eigenvalue weighted by molar-refractivity contribution is -0.129. The van der Waals surface area contributed by atoms with Gasteiger partial charge in [-0.2, -0.15) is 0 Å². The van der Waals surface area contributed by atoms with Gasteiger partial charge < -0.3 is 9.47 Å². The first-order valence-corrected chi connectivity index (χ1v) is 8.88. The van der Waals surface area contributed by atoms with Crippen molar-refractivity contribution in [3.8, 4) is 5.75 Å². The summed E-state index contributed by atoms with van der Waals surface area (Å²) in [6.07, 6.45) is 8.79. The van der Waals surface area contributed by atoms with Crippen molar-refractivity contribution in [2.24, 2.45) is 0 Å². The van der Waals surface area contributed by atoms with E-state index in [4.69, 9.17) is 9.47 Å². The number of para-hydroxylation sites is 1. The van der Waals surface area contributed by atoms with E-state index in [9.17, 15) is 0 Å². The summed E-state index contributed by atoms with van der Waals surface area (Å²) in [6.45, 7) is 0.848. The molecule has 3 rings (SSSR count). The summed E-state index contributed by atoms with van der Waals surface area (Å²) >= 11 is 3.54. The van der Waals surface area contributed by atoms with Crippen molar-refractivity contribution in [2.45, 2.75) is 62.0 Å². The molecule has 1 aliphatic carbocycles. The van der Waals surface area contributed by atoms with Gasteiger partial charge in [0.2, 0.25) is 0 Å². The maximum Gasteiger partial charge on any atom is 0.123 e. The first-order chi connectivity index (χ1) is 9.81. The molecule has 0 N–H and O–H groups in total. The summed E-state index contributed by atoms with van der Waals surface area (Å²) in [6, 6.07) is 8.33. The molecule has 1 saturated heterocycles. The average Bonchev–Trinajstić information content (AvgIpc) is 2.49. The number of ether oxygens (including phenoxy) is 2. The topological polar surface area (TPSA) is 18.5 Å². The van der Waals surface area contributed by atoms with Gasteiger partial charge in [-0.3, -0.25) is 0 Å². The van der Waals surface area contributed by atoms with Crippen LogP contribution < -0.4 is 4.74 Å². The highest BCUT2D eigenvalue weighted by Crippen LogP contribution is 2.39. The number of benzene rings is 1. The zero-order chi connectivity index (χ0) is 13.8. The van der Waals surface area contributed by atoms with E-state index in [-0.39, 0.29) is 5.60 Å². The number of hydrogen-bond donors (Lipinski definition) is 0. The molecule has 2 aliphatic rings. The van der Waals surface area contributed by atoms with Crippen molar-refractivity contribution in [3.05, 3.63) is 29.8 Å². The molecule has 1 spiro atoms. The maximum atomic E-state index is 6.29. The minimum Gasteiger partial charge on any atom is -0.490 e. The Balaban J connectivity index is 1.68. The molecule has 1 aromatic rings. The molecule has 2 nitrogen and oxygen atoms in total. The first-order valence-electron chi connectivity index (χ1n) is 7.76. The zero-order valence-corrected chi connectivity index (χ0v) is 13.5. The van der Waals surface area contributed by atoms with Crippen LogP contribution in [0.15, 0.2) is 24.3 Å². The molecule has 0 radical (unpaired) electrons. The van der Waals surface area contributed by atoms with Crippen molar-refractivity contribution in [1.29, 1.82) is 0 Å². The average molecular weight is 339 g/mol. The smallest absolute Gasteiger partial charge is 0.123 e. The van der Waals surface area contributed by atoms with Crippen LogP contribution in [0.4, 0.5) is 0 Å². The van der Waals surface area contributed by atoms with E-state index >= 15 is 0 Å². The highest BCUT2D eigenvalue weighted by Gasteiger charge is 2.39. The Bertz CT molecular complexity index is 435. The predicted octanol–water partition coefficient (Wildman–Crippen LogP) is 4.84. The van der Waals surface area contributed by atoms with E-state index in [2.05, 4.69) is 40.2 Å². The highest BCUT2D eigenvalue weighted by molar-refractivity contribution is 9.08. The Labute approximate surface area is 130 Å². The number of rotatable bonds is 3. The van der Waals surface area contributed by atoms with Crippen LogP contribution in [0.2, 0.25) is 0 Å². The van der Waals surface area contributed by atoms with Gasteiger partial charge in [-0.25, -0.2) is 0 Å². The highest BCUT2D eigenvalue weighted by atomic mass is 79.9. The molecule has 110 valence electrons. The minimum atomic E-state index is 0.116. The predicted molar refractivity (Wildman–Crippen MR) is 84.5 cm³/mol. The summed E-state index contributed by atoms with van der Waals surface area (Å²) in [5, 5.41) is 0.845. The maximum absolute atomic E-state index is 6.29. The van der Waals surface area contributed by atoms with Gasteiger partial charge in [-0.15, -0.1) is 0 Å². The molecular formula is C17H23BrO2. The van der Waals surface area contributed by atoms with Crippen LogP contribution in [0.5, 0.6) is 5.75 Å². The van der Waals surface area contributed by atoms with E-state index < -0.39 is 0 Å². The van der Waals surface area contributed by atoms with Gasteiger partial charge in [-0.1, -0.05) is 53.4 Å². The van der Waals surface area contributed by atoms with Crippen LogP contribution in [0.25, 0.3) is 0 Å². The van der Waals surface area contributed by atoms with Crippen molar-refractivity contribution < 1.29 is 9.47 Å². The molecular weight excluding hydrogens is 316 g/mol. The van der Waals surface area contributed by atoms with E-state index in [1.807, 2.05) is 0 Å². The number of hydrogen-bond acceptors (Lipinski definition) is 2. The van der Waals surface area contributed by atoms with Gasteiger partial charge in [-0.05, 0) is 18.9 Å². The first kappa shape index (κ1) is 14.4. The van der Waals surface area contributed by atoms with E-state index in [1.165, 1.54) is 37.7 Å². The molecule has 1 aliphatic heterocycles. The number of halogens is 1. The quantitative estimate of drug-likeness (QED) is 0.734. The lowest BCUT2D eigenvalue weighted by Gasteiger charge is -2.43. The third-order valence-electron chi connectivity index (χ3n) is 4.62. The van der Waals surface area contributed by atoms with Crippen LogP contribution in [0.1, 0.15) is 50.5 Å². The molecule has 1 unspecified atom stereocenters. The van der Waals surface area contributed by atoms with Crippen LogP contribution >= 0.6 is 15.9 Å². The van der Waals surface area contributed by atoms with Gasteiger partial charge in [0.05, 0.1) is 12.2 Å². The van der Waals surface area contributed by atoms with Gasteiger partial charge in [0.15, 0.2) is 0 Å². The third-order valence-corrected chi connectivity index (χ3v) is 5.23. The third kappa shape index (κ3) is 3.20. The van der Waals surface area contributed by atoms with Crippen LogP contribution in [-0.2, 0) is 10.1 Å². The molecule has 1 saturated carbocycles. The van der Waals surface area contributed by atoms with Gasteiger partial charge in [0.1, 0.15) is 11.9 Å². The second kappa shape index (κ2) is 6.48. The monoisotopic (exact) mass is 338 g/mol. The Morgan fingerprint density at radius 3 is 2.80 bits per heavy atom. The molecule has 2 fully saturated rings. The molecule has 0 aromatic heterocycles. The fourth-order valence-corrected chi connectivity index (χ4v) is 4.00. The fourth-order valence-electron chi connectivity index (χ4n) is 3.54. The Morgan fingerprint density at radius 2 is 2.00 bits per heavy atom. The van der Waals surface area contributed by atoms with Crippen LogP contribution in [0.3, 0.4) is 0 Å². The minimum absolute atomic E-state index is 0.116. The van der Waals surface area contributed by atoms with E-state index in [1.54, 1.807) is 0 Å². The van der Waals surface area contributed by atoms with Gasteiger partial charge >= 0.3 is 0 Å². The standard InChI is InChI=1S/C17H23BrO2/c18-13-14-6-2-3-7-16(14)20-15-8-11-19-17(12-15)9-4-1-5-10-17/h2-3,6-7,15H,1,4-5,8-13H2. The van der Waals surface area contributed by atoms with Crippen LogP contribution in [0, 0.1) is 0 Å². The molecule has 1 aromatic carbocycles. The molecule has 1 atom stereocenters. The molecule has 0 bridgehead atoms. The summed E-state index contributed by atoms with van der Waals surface area (Å²) < 4.78 is 12.4. The summed E-state index contributed by atoms with van der Waals surface area (Å²) in [7, 11) is 0. The fraction of sp³-hybridized carbons (Fsp3) is 0.647. The van der Waals surface area contributed by atoms with E-state index in [0.717, 1.165) is 30.5 Å². The Hall–Kier alpha value is -0.540. The van der Waals surface area contributed by atoms with Crippen molar-refractivity contribution in [3.63, 3.8) is 0 Å². The zero-order valence-electron chi connectivity index (χ0n) is 11.9. The number of alkyl halides is 1. The van der Waals surface area contributed by atoms with Gasteiger partial charge in [0.25, 0.3) is 0 Å². The van der Waals surface area contributed by atoms with Crippen LogP contribution in [-0.4, -0.2) is 18.3 Å². The van der Waals surface area contributed by atoms with Crippen molar-refractivity contribution >= 4 is 15.9 Å². The summed E-state index contributed by atoms with van der Waals surface area (Å²) in [5.41, 5.74) is 1.35. The van der Waals surface area contributed by atoms with E-state index in [0.29, 0.717) is 6.10 Å². The second-order valence-electron chi connectivity index (χ2n) is 6.07. The SMILES string of the molecule is BrCc1ccccc1OC1CCOC2(CCCCC2)C1. The van der Waals surface area contributed by atoms with Crippen molar-refractivity contribution in [1.82, 2.24) is 0 Å². The normalized spacial score (nSPS) is 25.6.